The summed E-state index contributed by atoms with van der Waals surface area (Å²) in [5.41, 5.74) is 1.49. The number of halogens is 1. The number of nitrogens with one attached hydrogen (secondary N) is 3. The molecule has 3 N–H and O–H groups in total. The Morgan fingerprint density at radius 3 is 2.47 bits per heavy atom. The Bertz CT molecular complexity index is 1140. The predicted molar refractivity (Wildman–Crippen MR) is 141 cm³/mol. The lowest BCUT2D eigenvalue weighted by Crippen LogP contribution is -2.49. The molecule has 1 aromatic heterocycles. The van der Waals surface area contributed by atoms with Gasteiger partial charge in [-0.25, -0.2) is 0 Å². The van der Waals surface area contributed by atoms with Crippen LogP contribution in [0.4, 0.5) is 17.1 Å². The quantitative estimate of drug-likeness (QED) is 0.335. The normalized spacial score (nSPS) is 19.9. The Kier molecular flexibility index (Phi) is 8.40. The fourth-order valence-corrected chi connectivity index (χ4v) is 5.38. The number of rotatable bonds is 7. The van der Waals surface area contributed by atoms with E-state index in [0.717, 1.165) is 44.2 Å². The van der Waals surface area contributed by atoms with Gasteiger partial charge in [0.1, 0.15) is 5.69 Å². The standard InChI is InChI=1S/C25H31BrN6O4/c1-27-18-11-16(14-28-15-18)24(33)30-21-8-4-3-7-20(21)29-23-19(12-17(26)13-22(23)32(35)36)25(34)31-9-5-2-6-10-31/h11-15,20-21,27,29H,2-10H2,1H3,(H,30,33)/t20-,21+/m1/s1. The summed E-state index contributed by atoms with van der Waals surface area (Å²) < 4.78 is 0.477. The highest BCUT2D eigenvalue weighted by Gasteiger charge is 2.33. The molecule has 2 heterocycles. The van der Waals surface area contributed by atoms with Crippen molar-refractivity contribution >= 4 is 44.8 Å². The monoisotopic (exact) mass is 558 g/mol. The first-order chi connectivity index (χ1) is 17.4. The summed E-state index contributed by atoms with van der Waals surface area (Å²) in [4.78, 5) is 43.9. The maximum atomic E-state index is 13.5. The number of carbonyl (C=O) groups is 2. The van der Waals surface area contributed by atoms with Crippen LogP contribution in [0.2, 0.25) is 0 Å². The number of amides is 2. The minimum Gasteiger partial charge on any atom is -0.387 e. The molecule has 36 heavy (non-hydrogen) atoms. The highest BCUT2D eigenvalue weighted by atomic mass is 79.9. The number of hydrogen-bond acceptors (Lipinski definition) is 7. The zero-order valence-electron chi connectivity index (χ0n) is 20.3. The molecular formula is C25H31BrN6O4. The largest absolute Gasteiger partial charge is 0.387 e. The minimum atomic E-state index is -0.467. The van der Waals surface area contributed by atoms with E-state index in [1.165, 1.54) is 12.3 Å². The molecule has 1 saturated carbocycles. The zero-order valence-corrected chi connectivity index (χ0v) is 21.8. The maximum Gasteiger partial charge on any atom is 0.294 e. The molecule has 11 heteroatoms. The predicted octanol–water partition coefficient (Wildman–Crippen LogP) is 4.57. The molecule has 2 aromatic rings. The van der Waals surface area contributed by atoms with E-state index in [-0.39, 0.29) is 40.8 Å². The summed E-state index contributed by atoms with van der Waals surface area (Å²) in [7, 11) is 1.76. The first-order valence-electron chi connectivity index (χ1n) is 12.3. The van der Waals surface area contributed by atoms with Gasteiger partial charge in [0.25, 0.3) is 17.5 Å². The molecule has 0 unspecified atom stereocenters. The van der Waals surface area contributed by atoms with Crippen LogP contribution in [-0.4, -0.2) is 58.8 Å². The summed E-state index contributed by atoms with van der Waals surface area (Å²) >= 11 is 3.34. The number of carbonyl (C=O) groups excluding carboxylic acids is 2. The van der Waals surface area contributed by atoms with Crippen LogP contribution >= 0.6 is 15.9 Å². The molecule has 4 rings (SSSR count). The first kappa shape index (κ1) is 25.9. The number of nitro groups is 1. The highest BCUT2D eigenvalue weighted by molar-refractivity contribution is 9.10. The van der Waals surface area contributed by atoms with E-state index in [0.29, 0.717) is 29.5 Å². The van der Waals surface area contributed by atoms with Crippen LogP contribution in [0.25, 0.3) is 0 Å². The van der Waals surface area contributed by atoms with Crippen molar-refractivity contribution in [2.75, 3.05) is 30.8 Å². The van der Waals surface area contributed by atoms with Gasteiger partial charge in [-0.1, -0.05) is 28.8 Å². The molecule has 1 aromatic carbocycles. The Labute approximate surface area is 218 Å². The van der Waals surface area contributed by atoms with E-state index < -0.39 is 4.92 Å². The average molecular weight is 559 g/mol. The molecule has 2 fully saturated rings. The summed E-state index contributed by atoms with van der Waals surface area (Å²) in [6, 6.07) is 4.27. The van der Waals surface area contributed by atoms with E-state index in [9.17, 15) is 19.7 Å². The second-order valence-electron chi connectivity index (χ2n) is 9.28. The Morgan fingerprint density at radius 1 is 1.06 bits per heavy atom. The smallest absolute Gasteiger partial charge is 0.294 e. The number of benzene rings is 1. The molecule has 0 bridgehead atoms. The molecular weight excluding hydrogens is 528 g/mol. The van der Waals surface area contributed by atoms with Crippen molar-refractivity contribution in [2.45, 2.75) is 57.0 Å². The van der Waals surface area contributed by atoms with Gasteiger partial charge in [0, 0.05) is 55.2 Å². The molecule has 2 amide bonds. The van der Waals surface area contributed by atoms with Crippen LogP contribution in [0.3, 0.4) is 0 Å². The fraction of sp³-hybridized carbons (Fsp3) is 0.480. The summed E-state index contributed by atoms with van der Waals surface area (Å²) in [6.45, 7) is 1.28. The minimum absolute atomic E-state index is 0.161. The van der Waals surface area contributed by atoms with Gasteiger partial charge in [0.15, 0.2) is 0 Å². The van der Waals surface area contributed by atoms with Crippen molar-refractivity contribution in [3.63, 3.8) is 0 Å². The van der Waals surface area contributed by atoms with Crippen molar-refractivity contribution in [3.05, 3.63) is 56.3 Å². The van der Waals surface area contributed by atoms with Crippen molar-refractivity contribution < 1.29 is 14.5 Å². The molecule has 2 aliphatic rings. The summed E-state index contributed by atoms with van der Waals surface area (Å²) in [5, 5.41) is 21.4. The molecule has 0 radical (unpaired) electrons. The van der Waals surface area contributed by atoms with E-state index in [2.05, 4.69) is 36.9 Å². The number of aromatic nitrogens is 1. The molecule has 10 nitrogen and oxygen atoms in total. The lowest BCUT2D eigenvalue weighted by atomic mass is 9.89. The van der Waals surface area contributed by atoms with Crippen molar-refractivity contribution in [1.29, 1.82) is 0 Å². The average Bonchev–Trinajstić information content (AvgIpc) is 2.90. The van der Waals surface area contributed by atoms with E-state index >= 15 is 0 Å². The maximum absolute atomic E-state index is 13.5. The van der Waals surface area contributed by atoms with Gasteiger partial charge >= 0.3 is 0 Å². The fourth-order valence-electron chi connectivity index (χ4n) is 4.94. The summed E-state index contributed by atoms with van der Waals surface area (Å²) in [6.07, 6.45) is 9.35. The first-order valence-corrected chi connectivity index (χ1v) is 13.1. The molecule has 1 aliphatic carbocycles. The van der Waals surface area contributed by atoms with E-state index in [1.807, 2.05) is 0 Å². The van der Waals surface area contributed by atoms with Crippen LogP contribution in [0.15, 0.2) is 35.1 Å². The van der Waals surface area contributed by atoms with Crippen LogP contribution < -0.4 is 16.0 Å². The lowest BCUT2D eigenvalue weighted by Gasteiger charge is -2.34. The van der Waals surface area contributed by atoms with E-state index in [4.69, 9.17) is 0 Å². The van der Waals surface area contributed by atoms with Crippen molar-refractivity contribution in [3.8, 4) is 0 Å². The molecule has 0 spiro atoms. The van der Waals surface area contributed by atoms with Crippen molar-refractivity contribution in [1.82, 2.24) is 15.2 Å². The van der Waals surface area contributed by atoms with Gasteiger partial charge < -0.3 is 20.9 Å². The molecule has 1 aliphatic heterocycles. The number of hydrogen-bond donors (Lipinski definition) is 3. The third-order valence-electron chi connectivity index (χ3n) is 6.85. The summed E-state index contributed by atoms with van der Waals surface area (Å²) in [5.74, 6) is -0.471. The van der Waals surface area contributed by atoms with Crippen LogP contribution in [0.5, 0.6) is 0 Å². The highest BCUT2D eigenvalue weighted by Crippen LogP contribution is 2.36. The van der Waals surface area contributed by atoms with Crippen LogP contribution in [-0.2, 0) is 0 Å². The zero-order chi connectivity index (χ0) is 25.7. The SMILES string of the molecule is CNc1cncc(C(=O)N[C@H]2CCCC[C@H]2Nc2c(C(=O)N3CCCCC3)cc(Br)cc2[N+](=O)[O-])c1. The van der Waals surface area contributed by atoms with Crippen LogP contribution in [0, 0.1) is 10.1 Å². The Hall–Kier alpha value is -3.21. The van der Waals surface area contributed by atoms with E-state index in [1.54, 1.807) is 30.3 Å². The lowest BCUT2D eigenvalue weighted by molar-refractivity contribution is -0.384. The van der Waals surface area contributed by atoms with Gasteiger partial charge in [-0.2, -0.15) is 0 Å². The number of nitro benzene ring substituents is 1. The van der Waals surface area contributed by atoms with Gasteiger partial charge in [0.05, 0.1) is 21.7 Å². The van der Waals surface area contributed by atoms with Crippen LogP contribution in [0.1, 0.15) is 65.7 Å². The second kappa shape index (κ2) is 11.7. The van der Waals surface area contributed by atoms with Gasteiger partial charge in [-0.3, -0.25) is 24.7 Å². The topological polar surface area (TPSA) is 130 Å². The number of anilines is 2. The third kappa shape index (κ3) is 5.95. The molecule has 1 saturated heterocycles. The van der Waals surface area contributed by atoms with Gasteiger partial charge in [0.2, 0.25) is 0 Å². The third-order valence-corrected chi connectivity index (χ3v) is 7.31. The molecule has 192 valence electrons. The number of piperidine rings is 1. The Morgan fingerprint density at radius 2 is 1.78 bits per heavy atom. The number of pyridine rings is 1. The van der Waals surface area contributed by atoms with Gasteiger partial charge in [-0.05, 0) is 44.2 Å². The second-order valence-corrected chi connectivity index (χ2v) is 10.2. The Balaban J connectivity index is 1.62. The molecule has 2 atom stereocenters. The van der Waals surface area contributed by atoms with Crippen molar-refractivity contribution in [2.24, 2.45) is 0 Å². The number of likely N-dealkylation sites (tertiary alicyclic amines) is 1. The number of nitrogens with zero attached hydrogens (tertiary/aromatic N) is 3. The van der Waals surface area contributed by atoms with Gasteiger partial charge in [-0.15, -0.1) is 0 Å².